The van der Waals surface area contributed by atoms with Crippen LogP contribution in [0.25, 0.3) is 0 Å². The summed E-state index contributed by atoms with van der Waals surface area (Å²) in [6.07, 6.45) is 102. The summed E-state index contributed by atoms with van der Waals surface area (Å²) in [6.45, 7) is 4.64. The molecule has 2 atom stereocenters. The SMILES string of the molecule is CC/C=C\C/C=C\C/C=C\C/C=C\C/C=C\C/C=C\C/C=C\CCCCCCCCCCCCCCCCCCCC(=O)OC(COC(=O)CCCCCCCCCC/C=C\C/C=C\C/C=C\C/C=C\C/C=C\C/C=C\CC)COC(OCC[N+](C)(C)C)C(=O)O. The molecule has 0 saturated heterocycles. The molecule has 0 aliphatic rings. The molecule has 0 rings (SSSR count). The number of carbonyl (C=O) groups excluding carboxylic acids is 2. The average Bonchev–Trinajstić information content (AvgIpc) is 3.46. The number of unbranched alkanes of at least 4 members (excludes halogenated alkanes) is 25. The first-order valence-electron chi connectivity index (χ1n) is 36.6. The number of nitrogens with zero attached hydrogens (tertiary/aromatic N) is 1. The van der Waals surface area contributed by atoms with E-state index in [0.29, 0.717) is 17.4 Å². The maximum atomic E-state index is 13.0. The number of carbonyl (C=O) groups is 3. The van der Waals surface area contributed by atoms with Gasteiger partial charge in [0.1, 0.15) is 13.2 Å². The Morgan fingerprint density at radius 2 is 0.593 bits per heavy atom. The van der Waals surface area contributed by atoms with Crippen LogP contribution in [-0.4, -0.2) is 87.4 Å². The molecule has 9 heteroatoms. The number of hydrogen-bond acceptors (Lipinski definition) is 7. The predicted octanol–water partition coefficient (Wildman–Crippen LogP) is 23.2. The fraction of sp³-hybridized carbons (Fsp3) is 0.646. The number of rotatable bonds is 66. The fourth-order valence-electron chi connectivity index (χ4n) is 9.76. The molecule has 0 fully saturated rings. The zero-order valence-corrected chi connectivity index (χ0v) is 58.9. The highest BCUT2D eigenvalue weighted by molar-refractivity contribution is 5.71. The number of allylic oxidation sites excluding steroid dienone is 26. The van der Waals surface area contributed by atoms with Gasteiger partial charge in [0, 0.05) is 12.8 Å². The van der Waals surface area contributed by atoms with Gasteiger partial charge in [-0.25, -0.2) is 4.79 Å². The largest absolute Gasteiger partial charge is 0.477 e. The number of ether oxygens (including phenoxy) is 4. The quantitative estimate of drug-likeness (QED) is 0.0211. The maximum Gasteiger partial charge on any atom is 0.361 e. The van der Waals surface area contributed by atoms with Gasteiger partial charge in [-0.15, -0.1) is 0 Å². The lowest BCUT2D eigenvalue weighted by Gasteiger charge is -2.25. The van der Waals surface area contributed by atoms with Crippen molar-refractivity contribution < 1.29 is 42.9 Å². The van der Waals surface area contributed by atoms with Crippen molar-refractivity contribution in [3.63, 3.8) is 0 Å². The van der Waals surface area contributed by atoms with E-state index in [1.165, 1.54) is 122 Å². The van der Waals surface area contributed by atoms with E-state index in [1.54, 1.807) is 0 Å². The van der Waals surface area contributed by atoms with Gasteiger partial charge in [0.2, 0.25) is 0 Å². The van der Waals surface area contributed by atoms with Crippen LogP contribution in [0.2, 0.25) is 0 Å². The summed E-state index contributed by atoms with van der Waals surface area (Å²) in [5.41, 5.74) is 0. The minimum Gasteiger partial charge on any atom is -0.477 e. The Labute approximate surface area is 559 Å². The van der Waals surface area contributed by atoms with Crippen molar-refractivity contribution in [3.05, 3.63) is 158 Å². The average molecular weight is 1260 g/mol. The second-order valence-corrected chi connectivity index (χ2v) is 25.1. The third-order valence-corrected chi connectivity index (χ3v) is 15.3. The number of likely N-dealkylation sites (N-methyl/N-ethyl adjacent to an activating group) is 1. The second kappa shape index (κ2) is 70.8. The first-order chi connectivity index (χ1) is 44.6. The van der Waals surface area contributed by atoms with Crippen LogP contribution in [0.3, 0.4) is 0 Å². The molecule has 91 heavy (non-hydrogen) atoms. The van der Waals surface area contributed by atoms with Gasteiger partial charge in [-0.3, -0.25) is 9.59 Å². The van der Waals surface area contributed by atoms with Gasteiger partial charge in [-0.1, -0.05) is 307 Å². The molecule has 0 spiro atoms. The van der Waals surface area contributed by atoms with Crippen molar-refractivity contribution in [2.75, 3.05) is 47.5 Å². The molecule has 0 aliphatic heterocycles. The van der Waals surface area contributed by atoms with Crippen LogP contribution in [0.1, 0.15) is 284 Å². The Morgan fingerprint density at radius 1 is 0.330 bits per heavy atom. The molecule has 516 valence electrons. The number of carboxylic acid groups (broad SMARTS) is 1. The molecule has 0 aromatic heterocycles. The van der Waals surface area contributed by atoms with Crippen molar-refractivity contribution in [2.45, 2.75) is 296 Å². The Kier molecular flexibility index (Phi) is 66.8. The van der Waals surface area contributed by atoms with E-state index in [0.717, 1.165) is 128 Å². The standard InChI is InChI=1S/C82H135NO8/c1-6-8-10-12-14-16-18-20-22-24-26-28-30-32-34-35-36-37-38-39-40-41-42-43-44-45-47-49-51-53-55-57-59-61-63-65-67-69-71-73-80(85)91-78(77-90-82(81(86)87)88-75-74-83(3,4)5)76-89-79(84)72-70-68-66-64-62-60-58-56-54-52-50-48-46-33-31-29-27-25-23-21-19-17-15-13-11-9-7-2/h8-11,14-17,20-23,26-29,32-34,36-37,39-40,46,50,52,78,82H,6-7,12-13,18-19,24-25,30-31,35,38,41-45,47-49,51,53-77H2,1-5H3/p+1/b10-8-,11-9-,16-14-,17-15-,22-20-,23-21-,28-26-,29-27-,34-32-,37-36-,40-39-,46-33-,52-50-. The number of carboxylic acids is 1. The normalized spacial score (nSPS) is 13.6. The van der Waals surface area contributed by atoms with E-state index in [9.17, 15) is 19.5 Å². The molecule has 0 radical (unpaired) electrons. The second-order valence-electron chi connectivity index (χ2n) is 25.1. The molecular formula is C82H136NO8+. The first-order valence-corrected chi connectivity index (χ1v) is 36.6. The van der Waals surface area contributed by atoms with Crippen molar-refractivity contribution in [1.82, 2.24) is 0 Å². The highest BCUT2D eigenvalue weighted by atomic mass is 16.7. The Balaban J connectivity index is 4.11. The summed E-state index contributed by atoms with van der Waals surface area (Å²) >= 11 is 0. The molecule has 0 aliphatic carbocycles. The van der Waals surface area contributed by atoms with Gasteiger partial charge < -0.3 is 28.5 Å². The monoisotopic (exact) mass is 1260 g/mol. The topological polar surface area (TPSA) is 108 Å². The highest BCUT2D eigenvalue weighted by Gasteiger charge is 2.25. The van der Waals surface area contributed by atoms with E-state index in [4.69, 9.17) is 18.9 Å². The predicted molar refractivity (Wildman–Crippen MR) is 391 cm³/mol. The van der Waals surface area contributed by atoms with E-state index >= 15 is 0 Å². The molecule has 0 heterocycles. The smallest absolute Gasteiger partial charge is 0.361 e. The van der Waals surface area contributed by atoms with E-state index < -0.39 is 24.3 Å². The van der Waals surface area contributed by atoms with E-state index in [1.807, 2.05) is 21.1 Å². The molecule has 0 saturated carbocycles. The molecule has 0 aromatic carbocycles. The molecule has 2 unspecified atom stereocenters. The fourth-order valence-corrected chi connectivity index (χ4v) is 9.76. The molecule has 0 amide bonds. The van der Waals surface area contributed by atoms with Crippen molar-refractivity contribution in [3.8, 4) is 0 Å². The number of quaternary nitrogens is 1. The molecule has 0 bridgehead atoms. The molecular weight excluding hydrogens is 1130 g/mol. The summed E-state index contributed by atoms with van der Waals surface area (Å²) < 4.78 is 23.0. The lowest BCUT2D eigenvalue weighted by atomic mass is 10.0. The lowest BCUT2D eigenvalue weighted by Crippen LogP contribution is -2.40. The third kappa shape index (κ3) is 72.2. The summed E-state index contributed by atoms with van der Waals surface area (Å²) in [5.74, 6) is -2.02. The third-order valence-electron chi connectivity index (χ3n) is 15.3. The van der Waals surface area contributed by atoms with Gasteiger partial charge in [-0.2, -0.15) is 0 Å². The van der Waals surface area contributed by atoms with Crippen LogP contribution < -0.4 is 0 Å². The van der Waals surface area contributed by atoms with Crippen LogP contribution in [0.5, 0.6) is 0 Å². The van der Waals surface area contributed by atoms with Crippen LogP contribution in [-0.2, 0) is 33.3 Å². The molecule has 0 aromatic rings. The maximum absolute atomic E-state index is 13.0. The van der Waals surface area contributed by atoms with Crippen molar-refractivity contribution >= 4 is 17.9 Å². The van der Waals surface area contributed by atoms with Crippen LogP contribution >= 0.6 is 0 Å². The van der Waals surface area contributed by atoms with Gasteiger partial charge >= 0.3 is 17.9 Å². The van der Waals surface area contributed by atoms with Gasteiger partial charge in [-0.05, 0) is 122 Å². The minimum absolute atomic E-state index is 0.180. The van der Waals surface area contributed by atoms with E-state index in [2.05, 4.69) is 172 Å². The Morgan fingerprint density at radius 3 is 0.879 bits per heavy atom. The summed E-state index contributed by atoms with van der Waals surface area (Å²) in [4.78, 5) is 37.7. The summed E-state index contributed by atoms with van der Waals surface area (Å²) in [6, 6.07) is 0. The van der Waals surface area contributed by atoms with E-state index in [-0.39, 0.29) is 38.6 Å². The van der Waals surface area contributed by atoms with Gasteiger partial charge in [0.05, 0.1) is 34.4 Å². The van der Waals surface area contributed by atoms with Crippen molar-refractivity contribution in [2.24, 2.45) is 0 Å². The first kappa shape index (κ1) is 85.9. The van der Waals surface area contributed by atoms with Crippen LogP contribution in [0.15, 0.2) is 158 Å². The van der Waals surface area contributed by atoms with Crippen LogP contribution in [0, 0.1) is 0 Å². The molecule has 9 nitrogen and oxygen atoms in total. The minimum atomic E-state index is -1.52. The zero-order valence-electron chi connectivity index (χ0n) is 58.9. The number of esters is 2. The molecule has 1 N–H and O–H groups in total. The highest BCUT2D eigenvalue weighted by Crippen LogP contribution is 2.17. The van der Waals surface area contributed by atoms with Crippen LogP contribution in [0.4, 0.5) is 0 Å². The van der Waals surface area contributed by atoms with Gasteiger partial charge in [0.25, 0.3) is 6.29 Å². The summed E-state index contributed by atoms with van der Waals surface area (Å²) in [7, 11) is 5.97. The number of aliphatic carboxylic acids is 1. The van der Waals surface area contributed by atoms with Gasteiger partial charge in [0.15, 0.2) is 6.10 Å². The Hall–Kier alpha value is -5.09. The lowest BCUT2D eigenvalue weighted by molar-refractivity contribution is -0.870. The summed E-state index contributed by atoms with van der Waals surface area (Å²) in [5, 5.41) is 9.76. The zero-order chi connectivity index (χ0) is 66.1. The van der Waals surface area contributed by atoms with Crippen molar-refractivity contribution in [1.29, 1.82) is 0 Å². The Bertz CT molecular complexity index is 2060. The number of hydrogen-bond donors (Lipinski definition) is 1.